The van der Waals surface area contributed by atoms with Crippen molar-refractivity contribution >= 4 is 28.3 Å². The molecule has 1 fully saturated rings. The number of nitrogens with zero attached hydrogens (tertiary/aromatic N) is 4. The largest absolute Gasteiger partial charge is 0.378 e. The second-order valence-electron chi connectivity index (χ2n) is 6.84. The summed E-state index contributed by atoms with van der Waals surface area (Å²) >= 11 is 0. The molecule has 128 valence electrons. The molecule has 0 unspecified atom stereocenters. The lowest BCUT2D eigenvalue weighted by atomic mass is 9.94. The fourth-order valence-corrected chi connectivity index (χ4v) is 3.25. The predicted molar refractivity (Wildman–Crippen MR) is 98.8 cm³/mol. The van der Waals surface area contributed by atoms with Crippen LogP contribution in [0.2, 0.25) is 0 Å². The topological polar surface area (TPSA) is 63.1 Å². The van der Waals surface area contributed by atoms with Gasteiger partial charge in [-0.1, -0.05) is 12.1 Å². The highest BCUT2D eigenvalue weighted by molar-refractivity contribution is 6.06. The first-order chi connectivity index (χ1) is 12.0. The van der Waals surface area contributed by atoms with Crippen LogP contribution in [0.25, 0.3) is 11.0 Å². The number of benzene rings is 1. The van der Waals surface area contributed by atoms with Gasteiger partial charge in [-0.25, -0.2) is 4.98 Å². The van der Waals surface area contributed by atoms with Crippen molar-refractivity contribution in [1.29, 1.82) is 0 Å². The first-order valence-electron chi connectivity index (χ1n) is 8.37. The molecule has 1 N–H and O–H groups in total. The normalized spacial score (nSPS) is 15.2. The summed E-state index contributed by atoms with van der Waals surface area (Å²) in [6.45, 7) is 0. The first kappa shape index (κ1) is 15.6. The third-order valence-electron chi connectivity index (χ3n) is 5.00. The molecule has 1 aliphatic rings. The lowest BCUT2D eigenvalue weighted by molar-refractivity contribution is -0.118. The molecular weight excluding hydrogens is 314 g/mol. The first-order valence-corrected chi connectivity index (χ1v) is 8.37. The molecule has 0 atom stereocenters. The number of hydrogen-bond acceptors (Lipinski definition) is 4. The minimum Gasteiger partial charge on any atom is -0.378 e. The average Bonchev–Trinajstić information content (AvgIpc) is 3.34. The number of rotatable bonds is 4. The minimum atomic E-state index is -0.414. The van der Waals surface area contributed by atoms with Crippen molar-refractivity contribution in [2.24, 2.45) is 7.05 Å². The SMILES string of the molecule is CN(C)c1ccc(C2(C(=O)Nc3ccnc4c3cnn4C)CC2)cc1. The summed E-state index contributed by atoms with van der Waals surface area (Å²) in [6.07, 6.45) is 5.19. The zero-order chi connectivity index (χ0) is 17.6. The van der Waals surface area contributed by atoms with Crippen molar-refractivity contribution in [1.82, 2.24) is 14.8 Å². The number of pyridine rings is 1. The summed E-state index contributed by atoms with van der Waals surface area (Å²) in [7, 11) is 5.87. The summed E-state index contributed by atoms with van der Waals surface area (Å²) in [5.74, 6) is 0.0430. The van der Waals surface area contributed by atoms with Crippen LogP contribution in [0.1, 0.15) is 18.4 Å². The lowest BCUT2D eigenvalue weighted by Gasteiger charge is -2.18. The van der Waals surface area contributed by atoms with Crippen molar-refractivity contribution in [2.45, 2.75) is 18.3 Å². The maximum absolute atomic E-state index is 13.0. The van der Waals surface area contributed by atoms with Gasteiger partial charge in [0.2, 0.25) is 5.91 Å². The number of carbonyl (C=O) groups is 1. The van der Waals surface area contributed by atoms with Gasteiger partial charge in [0.15, 0.2) is 5.65 Å². The summed E-state index contributed by atoms with van der Waals surface area (Å²) in [4.78, 5) is 19.4. The molecular formula is C19H21N5O. The Morgan fingerprint density at radius 1 is 1.20 bits per heavy atom. The number of carbonyl (C=O) groups excluding carboxylic acids is 1. The van der Waals surface area contributed by atoms with E-state index in [-0.39, 0.29) is 5.91 Å². The Morgan fingerprint density at radius 2 is 1.92 bits per heavy atom. The standard InChI is InChI=1S/C19H21N5O/c1-23(2)14-6-4-13(5-7-14)19(9-10-19)18(25)22-16-8-11-20-17-15(16)12-21-24(17)3/h4-8,11-12H,9-10H2,1-3H3,(H,20,22,25). The van der Waals surface area contributed by atoms with Crippen LogP contribution in [0.5, 0.6) is 0 Å². The number of anilines is 2. The Bertz CT molecular complexity index is 938. The number of nitrogens with one attached hydrogen (secondary N) is 1. The van der Waals surface area contributed by atoms with Crippen molar-refractivity contribution in [3.63, 3.8) is 0 Å². The summed E-state index contributed by atoms with van der Waals surface area (Å²) in [5, 5.41) is 8.18. The van der Waals surface area contributed by atoms with Crippen LogP contribution in [-0.4, -0.2) is 34.8 Å². The number of fused-ring (bicyclic) bond motifs is 1. The molecule has 1 amide bonds. The quantitative estimate of drug-likeness (QED) is 0.796. The van der Waals surface area contributed by atoms with E-state index in [1.165, 1.54) is 0 Å². The summed E-state index contributed by atoms with van der Waals surface area (Å²) in [5.41, 5.74) is 3.32. The van der Waals surface area contributed by atoms with E-state index in [0.717, 1.165) is 40.8 Å². The van der Waals surface area contributed by atoms with Crippen molar-refractivity contribution in [3.05, 3.63) is 48.3 Å². The Morgan fingerprint density at radius 3 is 2.56 bits per heavy atom. The molecule has 1 saturated carbocycles. The molecule has 1 aromatic carbocycles. The van der Waals surface area contributed by atoms with Gasteiger partial charge in [-0.2, -0.15) is 5.10 Å². The van der Waals surface area contributed by atoms with Crippen LogP contribution >= 0.6 is 0 Å². The number of hydrogen-bond donors (Lipinski definition) is 1. The maximum atomic E-state index is 13.0. The van der Waals surface area contributed by atoms with E-state index in [1.807, 2.05) is 27.2 Å². The minimum absolute atomic E-state index is 0.0430. The number of amides is 1. The predicted octanol–water partition coefficient (Wildman–Crippen LogP) is 2.70. The molecule has 0 spiro atoms. The van der Waals surface area contributed by atoms with E-state index in [4.69, 9.17) is 0 Å². The van der Waals surface area contributed by atoms with Crippen molar-refractivity contribution in [2.75, 3.05) is 24.3 Å². The molecule has 4 rings (SSSR count). The summed E-state index contributed by atoms with van der Waals surface area (Å²) < 4.78 is 1.71. The summed E-state index contributed by atoms with van der Waals surface area (Å²) in [6, 6.07) is 10.1. The van der Waals surface area contributed by atoms with Crippen LogP contribution in [0, 0.1) is 0 Å². The van der Waals surface area contributed by atoms with Crippen LogP contribution in [0.3, 0.4) is 0 Å². The van der Waals surface area contributed by atoms with Crippen LogP contribution in [0.15, 0.2) is 42.7 Å². The second kappa shape index (κ2) is 5.58. The van der Waals surface area contributed by atoms with Crippen LogP contribution < -0.4 is 10.2 Å². The van der Waals surface area contributed by atoms with E-state index < -0.39 is 5.41 Å². The molecule has 3 aromatic rings. The van der Waals surface area contributed by atoms with Gasteiger partial charge in [0.1, 0.15) is 0 Å². The third-order valence-corrected chi connectivity index (χ3v) is 5.00. The molecule has 0 radical (unpaired) electrons. The zero-order valence-corrected chi connectivity index (χ0v) is 14.7. The molecule has 0 saturated heterocycles. The van der Waals surface area contributed by atoms with E-state index >= 15 is 0 Å². The fraction of sp³-hybridized carbons (Fsp3) is 0.316. The van der Waals surface area contributed by atoms with Gasteiger partial charge in [0.25, 0.3) is 0 Å². The molecule has 1 aliphatic carbocycles. The Kier molecular flexibility index (Phi) is 3.49. The van der Waals surface area contributed by atoms with Gasteiger partial charge in [-0.15, -0.1) is 0 Å². The van der Waals surface area contributed by atoms with E-state index in [2.05, 4.69) is 44.6 Å². The van der Waals surface area contributed by atoms with Gasteiger partial charge in [-0.3, -0.25) is 9.48 Å². The molecule has 2 heterocycles. The molecule has 6 nitrogen and oxygen atoms in total. The van der Waals surface area contributed by atoms with Crippen LogP contribution in [0.4, 0.5) is 11.4 Å². The molecule has 2 aromatic heterocycles. The highest BCUT2D eigenvalue weighted by atomic mass is 16.2. The number of aryl methyl sites for hydroxylation is 1. The fourth-order valence-electron chi connectivity index (χ4n) is 3.25. The van der Waals surface area contributed by atoms with E-state index in [0.29, 0.717) is 0 Å². The Balaban J connectivity index is 1.62. The van der Waals surface area contributed by atoms with Gasteiger partial charge < -0.3 is 10.2 Å². The van der Waals surface area contributed by atoms with Crippen LogP contribution in [-0.2, 0) is 17.3 Å². The van der Waals surface area contributed by atoms with Crippen molar-refractivity contribution in [3.8, 4) is 0 Å². The van der Waals surface area contributed by atoms with Gasteiger partial charge in [0.05, 0.1) is 22.7 Å². The second-order valence-corrected chi connectivity index (χ2v) is 6.84. The van der Waals surface area contributed by atoms with Gasteiger partial charge >= 0.3 is 0 Å². The Hall–Kier alpha value is -2.89. The number of aromatic nitrogens is 3. The highest BCUT2D eigenvalue weighted by Gasteiger charge is 2.51. The molecule has 25 heavy (non-hydrogen) atoms. The smallest absolute Gasteiger partial charge is 0.235 e. The molecule has 0 bridgehead atoms. The Labute approximate surface area is 146 Å². The monoisotopic (exact) mass is 335 g/mol. The lowest BCUT2D eigenvalue weighted by Crippen LogP contribution is -2.28. The molecule has 0 aliphatic heterocycles. The zero-order valence-electron chi connectivity index (χ0n) is 14.7. The highest BCUT2D eigenvalue weighted by Crippen LogP contribution is 2.49. The van der Waals surface area contributed by atoms with Gasteiger partial charge in [0, 0.05) is 33.0 Å². The maximum Gasteiger partial charge on any atom is 0.235 e. The molecule has 6 heteroatoms. The average molecular weight is 335 g/mol. The van der Waals surface area contributed by atoms with Crippen molar-refractivity contribution < 1.29 is 4.79 Å². The van der Waals surface area contributed by atoms with Gasteiger partial charge in [-0.05, 0) is 36.6 Å². The third kappa shape index (κ3) is 2.54. The van der Waals surface area contributed by atoms with E-state index in [1.54, 1.807) is 17.1 Å². The van der Waals surface area contributed by atoms with E-state index in [9.17, 15) is 4.79 Å².